The third-order valence-electron chi connectivity index (χ3n) is 4.29. The van der Waals surface area contributed by atoms with Crippen molar-refractivity contribution in [1.29, 1.82) is 0 Å². The molecule has 0 bridgehead atoms. The van der Waals surface area contributed by atoms with Crippen molar-refractivity contribution >= 4 is 40.0 Å². The van der Waals surface area contributed by atoms with Gasteiger partial charge >= 0.3 is 5.97 Å². The number of pyridine rings is 1. The number of nitrogens with zero attached hydrogens (tertiary/aromatic N) is 4. The average Bonchev–Trinajstić information content (AvgIpc) is 3.25. The van der Waals surface area contributed by atoms with Crippen LogP contribution in [-0.4, -0.2) is 44.5 Å². The lowest BCUT2D eigenvalue weighted by atomic mass is 10.1. The molecule has 3 aromatic heterocycles. The number of aromatic nitrogens is 4. The number of aryl methyl sites for hydroxylation is 1. The average molecular weight is 432 g/mol. The van der Waals surface area contributed by atoms with Gasteiger partial charge in [-0.3, -0.25) is 9.78 Å². The van der Waals surface area contributed by atoms with Crippen molar-refractivity contribution in [2.75, 3.05) is 18.2 Å². The van der Waals surface area contributed by atoms with Crippen LogP contribution in [0.4, 0.5) is 5.00 Å². The van der Waals surface area contributed by atoms with Gasteiger partial charge in [0.1, 0.15) is 5.00 Å². The number of hydrogen-bond acceptors (Lipinski definition) is 8. The van der Waals surface area contributed by atoms with E-state index in [1.807, 2.05) is 37.6 Å². The van der Waals surface area contributed by atoms with Crippen molar-refractivity contribution in [3.63, 3.8) is 0 Å². The van der Waals surface area contributed by atoms with Crippen LogP contribution in [0, 0.1) is 6.92 Å². The molecule has 0 aliphatic rings. The molecule has 0 spiro atoms. The Morgan fingerprint density at radius 1 is 1.34 bits per heavy atom. The highest BCUT2D eigenvalue weighted by Crippen LogP contribution is 2.34. The minimum atomic E-state index is -0.441. The Labute approximate surface area is 176 Å². The van der Waals surface area contributed by atoms with E-state index < -0.39 is 5.97 Å². The van der Waals surface area contributed by atoms with E-state index in [9.17, 15) is 9.59 Å². The maximum atomic E-state index is 12.5. The van der Waals surface area contributed by atoms with Crippen LogP contribution in [-0.2, 0) is 23.0 Å². The number of thioether (sulfide) groups is 1. The lowest BCUT2D eigenvalue weighted by Crippen LogP contribution is -2.16. The van der Waals surface area contributed by atoms with Crippen molar-refractivity contribution in [1.82, 2.24) is 19.7 Å². The molecular formula is C19H21N5O3S2. The van der Waals surface area contributed by atoms with Crippen LogP contribution in [0.15, 0.2) is 29.7 Å². The van der Waals surface area contributed by atoms with Crippen LogP contribution >= 0.6 is 23.1 Å². The topological polar surface area (TPSA) is 99.0 Å². The Balaban J connectivity index is 1.70. The first-order valence-corrected chi connectivity index (χ1v) is 10.7. The van der Waals surface area contributed by atoms with Gasteiger partial charge < -0.3 is 14.6 Å². The van der Waals surface area contributed by atoms with Crippen LogP contribution in [0.25, 0.3) is 11.4 Å². The van der Waals surface area contributed by atoms with Gasteiger partial charge in [0.25, 0.3) is 0 Å². The fourth-order valence-corrected chi connectivity index (χ4v) is 4.75. The zero-order valence-electron chi connectivity index (χ0n) is 16.6. The fourth-order valence-electron chi connectivity index (χ4n) is 2.89. The molecule has 29 heavy (non-hydrogen) atoms. The highest BCUT2D eigenvalue weighted by atomic mass is 32.2. The van der Waals surface area contributed by atoms with Crippen molar-refractivity contribution < 1.29 is 14.3 Å². The second-order valence-electron chi connectivity index (χ2n) is 6.13. The monoisotopic (exact) mass is 431 g/mol. The van der Waals surface area contributed by atoms with Crippen molar-refractivity contribution in [3.8, 4) is 11.4 Å². The first-order chi connectivity index (χ1) is 14.0. The number of carbonyl (C=O) groups excluding carboxylic acids is 2. The number of amides is 1. The molecule has 152 valence electrons. The molecular weight excluding hydrogens is 410 g/mol. The lowest BCUT2D eigenvalue weighted by molar-refractivity contribution is -0.113. The van der Waals surface area contributed by atoms with Crippen LogP contribution in [0.3, 0.4) is 0 Å². The molecule has 0 aromatic carbocycles. The number of ether oxygens (including phenoxy) is 1. The predicted molar refractivity (Wildman–Crippen MR) is 113 cm³/mol. The van der Waals surface area contributed by atoms with Gasteiger partial charge in [-0.2, -0.15) is 0 Å². The van der Waals surface area contributed by atoms with Gasteiger partial charge in [0.05, 0.1) is 18.4 Å². The largest absolute Gasteiger partial charge is 0.465 e. The zero-order valence-corrected chi connectivity index (χ0v) is 18.2. The van der Waals surface area contributed by atoms with Gasteiger partial charge in [-0.15, -0.1) is 21.5 Å². The molecule has 0 saturated heterocycles. The third-order valence-corrected chi connectivity index (χ3v) is 6.38. The normalized spacial score (nSPS) is 10.8. The molecule has 0 fully saturated rings. The minimum Gasteiger partial charge on any atom is -0.465 e. The van der Waals surface area contributed by atoms with E-state index in [0.29, 0.717) is 28.0 Å². The number of hydrogen-bond donors (Lipinski definition) is 1. The van der Waals surface area contributed by atoms with Crippen LogP contribution in [0.2, 0.25) is 0 Å². The van der Waals surface area contributed by atoms with Gasteiger partial charge in [-0.1, -0.05) is 18.7 Å². The molecule has 1 N–H and O–H groups in total. The van der Waals surface area contributed by atoms with E-state index in [-0.39, 0.29) is 11.7 Å². The van der Waals surface area contributed by atoms with Crippen molar-refractivity contribution in [2.45, 2.75) is 25.4 Å². The third kappa shape index (κ3) is 4.48. The number of rotatable bonds is 7. The van der Waals surface area contributed by atoms with E-state index in [4.69, 9.17) is 4.74 Å². The fraction of sp³-hybridized carbons (Fsp3) is 0.316. The number of thiophene rings is 1. The molecule has 0 unspecified atom stereocenters. The first-order valence-electron chi connectivity index (χ1n) is 8.89. The molecule has 10 heteroatoms. The maximum Gasteiger partial charge on any atom is 0.341 e. The van der Waals surface area contributed by atoms with Gasteiger partial charge in [-0.05, 0) is 31.0 Å². The highest BCUT2D eigenvalue weighted by Gasteiger charge is 2.23. The van der Waals surface area contributed by atoms with Crippen LogP contribution < -0.4 is 5.32 Å². The SMILES string of the molecule is CCc1c(C)sc(NC(=O)CSc2nnc(-c3cccnc3)n2C)c1C(=O)OC. The molecule has 3 rings (SSSR count). The van der Waals surface area contributed by atoms with Crippen molar-refractivity contribution in [2.24, 2.45) is 7.05 Å². The summed E-state index contributed by atoms with van der Waals surface area (Å²) in [6.07, 6.45) is 4.09. The maximum absolute atomic E-state index is 12.5. The summed E-state index contributed by atoms with van der Waals surface area (Å²) in [5.74, 6) is 0.145. The van der Waals surface area contributed by atoms with Gasteiger partial charge in [0.15, 0.2) is 11.0 Å². The van der Waals surface area contributed by atoms with Crippen LogP contribution in [0.5, 0.6) is 0 Å². The quantitative estimate of drug-likeness (QED) is 0.452. The van der Waals surface area contributed by atoms with E-state index in [2.05, 4.69) is 20.5 Å². The molecule has 8 nitrogen and oxygen atoms in total. The Kier molecular flexibility index (Phi) is 6.65. The van der Waals surface area contributed by atoms with Gasteiger partial charge in [0, 0.05) is 29.9 Å². The minimum absolute atomic E-state index is 0.137. The van der Waals surface area contributed by atoms with E-state index in [1.165, 1.54) is 30.2 Å². The summed E-state index contributed by atoms with van der Waals surface area (Å²) in [5.41, 5.74) is 2.19. The number of carbonyl (C=O) groups is 2. The predicted octanol–water partition coefficient (Wildman–Crippen LogP) is 3.33. The summed E-state index contributed by atoms with van der Waals surface area (Å²) in [6, 6.07) is 3.73. The molecule has 1 amide bonds. The smallest absolute Gasteiger partial charge is 0.341 e. The lowest BCUT2D eigenvalue weighted by Gasteiger charge is -2.07. The number of nitrogens with one attached hydrogen (secondary N) is 1. The summed E-state index contributed by atoms with van der Waals surface area (Å²) in [7, 11) is 3.18. The van der Waals surface area contributed by atoms with E-state index in [0.717, 1.165) is 16.0 Å². The Bertz CT molecular complexity index is 1030. The Morgan fingerprint density at radius 2 is 2.14 bits per heavy atom. The molecule has 3 heterocycles. The van der Waals surface area contributed by atoms with Gasteiger partial charge in [-0.25, -0.2) is 4.79 Å². The highest BCUT2D eigenvalue weighted by molar-refractivity contribution is 7.99. The zero-order chi connectivity index (χ0) is 21.0. The Hall–Kier alpha value is -2.72. The second-order valence-corrected chi connectivity index (χ2v) is 8.30. The van der Waals surface area contributed by atoms with Gasteiger partial charge in [0.2, 0.25) is 5.91 Å². The van der Waals surface area contributed by atoms with E-state index >= 15 is 0 Å². The van der Waals surface area contributed by atoms with E-state index in [1.54, 1.807) is 12.4 Å². The first kappa shape index (κ1) is 21.0. The second kappa shape index (κ2) is 9.19. The summed E-state index contributed by atoms with van der Waals surface area (Å²) in [5, 5.41) is 12.3. The Morgan fingerprint density at radius 3 is 2.79 bits per heavy atom. The summed E-state index contributed by atoms with van der Waals surface area (Å²) in [4.78, 5) is 29.8. The molecule has 3 aromatic rings. The number of methoxy groups -OCH3 is 1. The standard InChI is InChI=1S/C19H21N5O3S2/c1-5-13-11(2)29-17(15(13)18(26)27-4)21-14(25)10-28-19-23-22-16(24(19)3)12-7-6-8-20-9-12/h6-9H,5,10H2,1-4H3,(H,21,25). The van der Waals surface area contributed by atoms with Crippen LogP contribution in [0.1, 0.15) is 27.7 Å². The molecule has 0 radical (unpaired) electrons. The molecule has 0 atom stereocenters. The number of anilines is 1. The van der Waals surface area contributed by atoms with Crippen molar-refractivity contribution in [3.05, 3.63) is 40.5 Å². The number of esters is 1. The molecule has 0 saturated carbocycles. The summed E-state index contributed by atoms with van der Waals surface area (Å²) >= 11 is 2.65. The summed E-state index contributed by atoms with van der Waals surface area (Å²) < 4.78 is 6.71. The molecule has 0 aliphatic heterocycles. The molecule has 0 aliphatic carbocycles. The summed E-state index contributed by atoms with van der Waals surface area (Å²) in [6.45, 7) is 3.90.